The van der Waals surface area contributed by atoms with Crippen LogP contribution in [0.4, 0.5) is 4.39 Å². The molecule has 0 aromatic heterocycles. The van der Waals surface area contributed by atoms with E-state index < -0.39 is 17.9 Å². The van der Waals surface area contributed by atoms with Gasteiger partial charge < -0.3 is 9.84 Å². The zero-order valence-corrected chi connectivity index (χ0v) is 9.63. The van der Waals surface area contributed by atoms with Crippen molar-refractivity contribution in [3.8, 4) is 0 Å². The molecule has 0 aliphatic carbocycles. The number of hydrogen-bond acceptors (Lipinski definition) is 2. The van der Waals surface area contributed by atoms with Crippen molar-refractivity contribution in [1.29, 1.82) is 0 Å². The average Bonchev–Trinajstić information content (AvgIpc) is 2.21. The van der Waals surface area contributed by atoms with Crippen LogP contribution in [0.3, 0.4) is 0 Å². The molecule has 0 saturated carbocycles. The first-order chi connectivity index (χ1) is 7.57. The lowest BCUT2D eigenvalue weighted by Crippen LogP contribution is -2.18. The molecule has 0 fully saturated rings. The van der Waals surface area contributed by atoms with Crippen LogP contribution in [-0.2, 0) is 9.53 Å². The fourth-order valence-corrected chi connectivity index (χ4v) is 1.55. The standard InChI is InChI=1S/C10H9Cl2FO3/c11-4-5-16-9(10(14)15)8-6(12)2-1-3-7(8)13/h1-3,9H,4-5H2,(H,14,15). The van der Waals surface area contributed by atoms with Crippen molar-refractivity contribution in [2.75, 3.05) is 12.5 Å². The van der Waals surface area contributed by atoms with Crippen LogP contribution in [0.15, 0.2) is 18.2 Å². The molecule has 1 aromatic carbocycles. The molecule has 88 valence electrons. The van der Waals surface area contributed by atoms with E-state index in [4.69, 9.17) is 33.0 Å². The fourth-order valence-electron chi connectivity index (χ4n) is 1.20. The minimum atomic E-state index is -1.44. The van der Waals surface area contributed by atoms with Crippen LogP contribution < -0.4 is 0 Å². The highest BCUT2D eigenvalue weighted by atomic mass is 35.5. The highest BCUT2D eigenvalue weighted by molar-refractivity contribution is 6.31. The maximum atomic E-state index is 13.4. The lowest BCUT2D eigenvalue weighted by Gasteiger charge is -2.15. The van der Waals surface area contributed by atoms with Gasteiger partial charge in [-0.05, 0) is 12.1 Å². The van der Waals surface area contributed by atoms with Gasteiger partial charge in [0.1, 0.15) is 5.82 Å². The van der Waals surface area contributed by atoms with Crippen molar-refractivity contribution in [3.63, 3.8) is 0 Å². The molecule has 6 heteroatoms. The van der Waals surface area contributed by atoms with Gasteiger partial charge >= 0.3 is 5.97 Å². The van der Waals surface area contributed by atoms with Crippen LogP contribution in [0.25, 0.3) is 0 Å². The summed E-state index contributed by atoms with van der Waals surface area (Å²) in [5.74, 6) is -1.90. The van der Waals surface area contributed by atoms with Crippen molar-refractivity contribution in [1.82, 2.24) is 0 Å². The quantitative estimate of drug-likeness (QED) is 0.834. The Morgan fingerprint density at radius 2 is 2.25 bits per heavy atom. The van der Waals surface area contributed by atoms with E-state index >= 15 is 0 Å². The normalized spacial score (nSPS) is 12.4. The van der Waals surface area contributed by atoms with Crippen molar-refractivity contribution >= 4 is 29.2 Å². The number of hydrogen-bond donors (Lipinski definition) is 1. The molecule has 1 aromatic rings. The Balaban J connectivity index is 3.05. The molecular weight excluding hydrogens is 258 g/mol. The molecule has 0 radical (unpaired) electrons. The summed E-state index contributed by atoms with van der Waals surface area (Å²) in [4.78, 5) is 10.9. The molecule has 0 spiro atoms. The Hall–Kier alpha value is -0.840. The molecule has 1 atom stereocenters. The zero-order chi connectivity index (χ0) is 12.1. The van der Waals surface area contributed by atoms with Gasteiger partial charge in [-0.1, -0.05) is 17.7 Å². The number of halogens is 3. The molecule has 1 N–H and O–H groups in total. The lowest BCUT2D eigenvalue weighted by molar-refractivity contribution is -0.150. The van der Waals surface area contributed by atoms with E-state index in [1.807, 2.05) is 0 Å². The SMILES string of the molecule is O=C(O)C(OCCCl)c1c(F)cccc1Cl. The van der Waals surface area contributed by atoms with E-state index in [-0.39, 0.29) is 23.1 Å². The van der Waals surface area contributed by atoms with Crippen LogP contribution >= 0.6 is 23.2 Å². The van der Waals surface area contributed by atoms with Gasteiger partial charge in [-0.25, -0.2) is 9.18 Å². The third kappa shape index (κ3) is 3.07. The van der Waals surface area contributed by atoms with Crippen molar-refractivity contribution in [2.45, 2.75) is 6.10 Å². The number of carboxylic acids is 1. The van der Waals surface area contributed by atoms with Crippen molar-refractivity contribution in [2.24, 2.45) is 0 Å². The Morgan fingerprint density at radius 3 is 2.75 bits per heavy atom. The summed E-state index contributed by atoms with van der Waals surface area (Å²) in [7, 11) is 0. The number of carbonyl (C=O) groups is 1. The minimum Gasteiger partial charge on any atom is -0.479 e. The van der Waals surface area contributed by atoms with Gasteiger partial charge in [0.15, 0.2) is 6.10 Å². The Morgan fingerprint density at radius 1 is 1.56 bits per heavy atom. The van der Waals surface area contributed by atoms with E-state index in [2.05, 4.69) is 0 Å². The summed E-state index contributed by atoms with van der Waals surface area (Å²) >= 11 is 11.1. The van der Waals surface area contributed by atoms with E-state index in [9.17, 15) is 9.18 Å². The number of carboxylic acid groups (broad SMARTS) is 1. The summed E-state index contributed by atoms with van der Waals surface area (Å²) in [6, 6.07) is 3.92. The molecule has 0 aliphatic rings. The van der Waals surface area contributed by atoms with Crippen LogP contribution in [0.2, 0.25) is 5.02 Å². The monoisotopic (exact) mass is 266 g/mol. The second kappa shape index (κ2) is 6.03. The maximum Gasteiger partial charge on any atom is 0.337 e. The topological polar surface area (TPSA) is 46.5 Å². The first kappa shape index (κ1) is 13.2. The molecular formula is C10H9Cl2FO3. The summed E-state index contributed by atoms with van der Waals surface area (Å²) in [6.45, 7) is 0.00316. The van der Waals surface area contributed by atoms with Gasteiger partial charge in [0.25, 0.3) is 0 Å². The van der Waals surface area contributed by atoms with E-state index in [0.29, 0.717) is 0 Å². The molecule has 1 unspecified atom stereocenters. The number of aliphatic carboxylic acids is 1. The molecule has 0 amide bonds. The highest BCUT2D eigenvalue weighted by Crippen LogP contribution is 2.28. The third-order valence-electron chi connectivity index (χ3n) is 1.85. The van der Waals surface area contributed by atoms with Crippen LogP contribution in [-0.4, -0.2) is 23.6 Å². The number of rotatable bonds is 5. The number of alkyl halides is 1. The zero-order valence-electron chi connectivity index (χ0n) is 8.12. The van der Waals surface area contributed by atoms with Gasteiger partial charge in [-0.3, -0.25) is 0 Å². The first-order valence-electron chi connectivity index (χ1n) is 4.42. The predicted molar refractivity (Wildman–Crippen MR) is 58.5 cm³/mol. The van der Waals surface area contributed by atoms with Crippen molar-refractivity contribution < 1.29 is 19.0 Å². The van der Waals surface area contributed by atoms with Gasteiger partial charge in [0.2, 0.25) is 0 Å². The molecule has 0 saturated heterocycles. The van der Waals surface area contributed by atoms with Gasteiger partial charge in [0.05, 0.1) is 6.61 Å². The van der Waals surface area contributed by atoms with Gasteiger partial charge in [-0.15, -0.1) is 11.6 Å². The highest BCUT2D eigenvalue weighted by Gasteiger charge is 2.26. The number of ether oxygens (including phenoxy) is 1. The third-order valence-corrected chi connectivity index (χ3v) is 2.33. The lowest BCUT2D eigenvalue weighted by atomic mass is 10.1. The second-order valence-electron chi connectivity index (χ2n) is 2.91. The summed E-state index contributed by atoms with van der Waals surface area (Å²) in [6.07, 6.45) is -1.44. The van der Waals surface area contributed by atoms with Crippen LogP contribution in [0.5, 0.6) is 0 Å². The molecule has 3 nitrogen and oxygen atoms in total. The Labute approximate surface area is 102 Å². The van der Waals surface area contributed by atoms with E-state index in [0.717, 1.165) is 6.07 Å². The van der Waals surface area contributed by atoms with E-state index in [1.54, 1.807) is 0 Å². The number of benzene rings is 1. The van der Waals surface area contributed by atoms with Crippen molar-refractivity contribution in [3.05, 3.63) is 34.6 Å². The molecule has 0 bridgehead atoms. The predicted octanol–water partition coefficient (Wildman–Crippen LogP) is 2.86. The molecule has 0 aliphatic heterocycles. The van der Waals surface area contributed by atoms with Crippen LogP contribution in [0.1, 0.15) is 11.7 Å². The van der Waals surface area contributed by atoms with E-state index in [1.165, 1.54) is 12.1 Å². The average molecular weight is 267 g/mol. The largest absolute Gasteiger partial charge is 0.479 e. The first-order valence-corrected chi connectivity index (χ1v) is 5.33. The Kier molecular flexibility index (Phi) is 4.99. The fraction of sp³-hybridized carbons (Fsp3) is 0.300. The summed E-state index contributed by atoms with van der Waals surface area (Å²) < 4.78 is 18.4. The molecule has 16 heavy (non-hydrogen) atoms. The van der Waals surface area contributed by atoms with Gasteiger partial charge in [0, 0.05) is 16.5 Å². The summed E-state index contributed by atoms with van der Waals surface area (Å²) in [5, 5.41) is 8.92. The minimum absolute atomic E-state index is 0.00316. The smallest absolute Gasteiger partial charge is 0.337 e. The van der Waals surface area contributed by atoms with Crippen LogP contribution in [0, 0.1) is 5.82 Å². The van der Waals surface area contributed by atoms with Gasteiger partial charge in [-0.2, -0.15) is 0 Å². The summed E-state index contributed by atoms with van der Waals surface area (Å²) in [5.41, 5.74) is -0.179. The molecule has 1 rings (SSSR count). The maximum absolute atomic E-state index is 13.4. The molecule has 0 heterocycles. The second-order valence-corrected chi connectivity index (χ2v) is 3.70. The Bertz CT molecular complexity index is 364.